The Balaban J connectivity index is 1.34. The topological polar surface area (TPSA) is 50.9 Å². The number of phenols is 1. The highest BCUT2D eigenvalue weighted by molar-refractivity contribution is 7.99. The molecule has 0 amide bonds. The number of aromatic nitrogens is 3. The minimum Gasteiger partial charge on any atom is -0.506 e. The molecule has 0 aliphatic rings. The Bertz CT molecular complexity index is 2010. The van der Waals surface area contributed by atoms with E-state index in [1.807, 2.05) is 36.5 Å². The van der Waals surface area contributed by atoms with Gasteiger partial charge < -0.3 is 5.11 Å². The SMILES string of the molecule is Cc1cccc(C)c1-c1ccc(O)c2nc(Sc3ccc4c5ccccc5n(-c5ccccn5)c4c3)ccc12. The van der Waals surface area contributed by atoms with Gasteiger partial charge in [0.05, 0.1) is 11.0 Å². The summed E-state index contributed by atoms with van der Waals surface area (Å²) in [6.07, 6.45) is 1.83. The van der Waals surface area contributed by atoms with Crippen LogP contribution in [0.4, 0.5) is 0 Å². The van der Waals surface area contributed by atoms with Gasteiger partial charge in [0, 0.05) is 27.3 Å². The molecule has 188 valence electrons. The van der Waals surface area contributed by atoms with E-state index in [0.29, 0.717) is 5.52 Å². The van der Waals surface area contributed by atoms with Gasteiger partial charge in [0.25, 0.3) is 0 Å². The summed E-state index contributed by atoms with van der Waals surface area (Å²) in [5.41, 5.74) is 7.53. The van der Waals surface area contributed by atoms with Crippen molar-refractivity contribution in [3.05, 3.63) is 120 Å². The van der Waals surface area contributed by atoms with Crippen molar-refractivity contribution >= 4 is 44.5 Å². The largest absolute Gasteiger partial charge is 0.506 e. The molecule has 3 aromatic heterocycles. The van der Waals surface area contributed by atoms with Crippen LogP contribution in [0.25, 0.3) is 49.7 Å². The first-order valence-electron chi connectivity index (χ1n) is 12.9. The molecule has 0 saturated heterocycles. The van der Waals surface area contributed by atoms with Gasteiger partial charge in [-0.2, -0.15) is 0 Å². The van der Waals surface area contributed by atoms with Crippen LogP contribution in [0.1, 0.15) is 11.1 Å². The van der Waals surface area contributed by atoms with Crippen molar-refractivity contribution in [2.75, 3.05) is 0 Å². The number of hydrogen-bond donors (Lipinski definition) is 1. The van der Waals surface area contributed by atoms with Crippen molar-refractivity contribution in [2.45, 2.75) is 23.8 Å². The number of phenolic OH excluding ortho intramolecular Hbond substituents is 1. The van der Waals surface area contributed by atoms with E-state index < -0.39 is 0 Å². The molecular weight excluding hydrogens is 498 g/mol. The van der Waals surface area contributed by atoms with Gasteiger partial charge in [-0.05, 0) is 90.7 Å². The Morgan fingerprint density at radius 1 is 0.692 bits per heavy atom. The van der Waals surface area contributed by atoms with Crippen molar-refractivity contribution in [2.24, 2.45) is 0 Å². The molecule has 0 atom stereocenters. The second kappa shape index (κ2) is 9.29. The zero-order valence-corrected chi connectivity index (χ0v) is 22.4. The normalized spacial score (nSPS) is 11.5. The zero-order valence-electron chi connectivity index (χ0n) is 21.6. The fourth-order valence-electron chi connectivity index (χ4n) is 5.57. The molecule has 4 nitrogen and oxygen atoms in total. The maximum absolute atomic E-state index is 10.8. The van der Waals surface area contributed by atoms with E-state index in [0.717, 1.165) is 37.7 Å². The number of hydrogen-bond acceptors (Lipinski definition) is 4. The second-order valence-electron chi connectivity index (χ2n) is 9.77. The molecule has 0 aliphatic heterocycles. The molecule has 39 heavy (non-hydrogen) atoms. The molecular formula is C34H25N3OS. The summed E-state index contributed by atoms with van der Waals surface area (Å²) in [4.78, 5) is 10.6. The number of rotatable bonds is 4. The number of nitrogens with zero attached hydrogens (tertiary/aromatic N) is 3. The van der Waals surface area contributed by atoms with Crippen LogP contribution in [0, 0.1) is 13.8 Å². The second-order valence-corrected chi connectivity index (χ2v) is 10.9. The molecule has 0 fully saturated rings. The highest BCUT2D eigenvalue weighted by Crippen LogP contribution is 2.39. The predicted molar refractivity (Wildman–Crippen MR) is 161 cm³/mol. The van der Waals surface area contributed by atoms with Gasteiger partial charge >= 0.3 is 0 Å². The summed E-state index contributed by atoms with van der Waals surface area (Å²) in [7, 11) is 0. The van der Waals surface area contributed by atoms with Gasteiger partial charge in [-0.3, -0.25) is 4.57 Å². The van der Waals surface area contributed by atoms with Gasteiger partial charge in [0.1, 0.15) is 22.1 Å². The maximum atomic E-state index is 10.8. The van der Waals surface area contributed by atoms with Crippen LogP contribution in [0.2, 0.25) is 0 Å². The number of benzene rings is 4. The number of para-hydroxylation sites is 1. The van der Waals surface area contributed by atoms with Gasteiger partial charge in [-0.1, -0.05) is 60.3 Å². The molecule has 0 bridgehead atoms. The van der Waals surface area contributed by atoms with Crippen molar-refractivity contribution in [3.8, 4) is 22.7 Å². The maximum Gasteiger partial charge on any atom is 0.141 e. The average Bonchev–Trinajstić information content (AvgIpc) is 3.28. The van der Waals surface area contributed by atoms with Crippen molar-refractivity contribution in [3.63, 3.8) is 0 Å². The van der Waals surface area contributed by atoms with E-state index in [9.17, 15) is 5.11 Å². The van der Waals surface area contributed by atoms with E-state index in [2.05, 4.69) is 90.1 Å². The van der Waals surface area contributed by atoms with Crippen LogP contribution in [0.15, 0.2) is 119 Å². The fourth-order valence-corrected chi connectivity index (χ4v) is 6.39. The average molecular weight is 524 g/mol. The van der Waals surface area contributed by atoms with Crippen molar-refractivity contribution in [1.82, 2.24) is 14.5 Å². The van der Waals surface area contributed by atoms with Crippen LogP contribution < -0.4 is 0 Å². The summed E-state index contributed by atoms with van der Waals surface area (Å²) < 4.78 is 2.21. The summed E-state index contributed by atoms with van der Waals surface area (Å²) >= 11 is 1.59. The van der Waals surface area contributed by atoms with Crippen molar-refractivity contribution < 1.29 is 5.11 Å². The molecule has 1 N–H and O–H groups in total. The summed E-state index contributed by atoms with van der Waals surface area (Å²) in [6, 6.07) is 35.1. The number of aryl methyl sites for hydroxylation is 2. The Morgan fingerprint density at radius 2 is 1.46 bits per heavy atom. The smallest absolute Gasteiger partial charge is 0.141 e. The molecule has 0 spiro atoms. The van der Waals surface area contributed by atoms with E-state index in [-0.39, 0.29) is 5.75 Å². The van der Waals surface area contributed by atoms with E-state index >= 15 is 0 Å². The van der Waals surface area contributed by atoms with E-state index in [4.69, 9.17) is 4.98 Å². The van der Waals surface area contributed by atoms with Crippen LogP contribution in [0.5, 0.6) is 5.75 Å². The first-order valence-corrected chi connectivity index (χ1v) is 13.7. The quantitative estimate of drug-likeness (QED) is 0.250. The Labute approximate surface area is 230 Å². The predicted octanol–water partition coefficient (Wildman–Crippen LogP) is 8.87. The molecule has 7 aromatic rings. The number of aromatic hydroxyl groups is 1. The Kier molecular flexibility index (Phi) is 5.60. The van der Waals surface area contributed by atoms with Gasteiger partial charge in [-0.25, -0.2) is 9.97 Å². The lowest BCUT2D eigenvalue weighted by molar-refractivity contribution is 0.480. The van der Waals surface area contributed by atoms with Crippen molar-refractivity contribution in [1.29, 1.82) is 0 Å². The lowest BCUT2D eigenvalue weighted by atomic mass is 9.93. The number of pyridine rings is 2. The third-order valence-electron chi connectivity index (χ3n) is 7.31. The first kappa shape index (κ1) is 23.5. The zero-order chi connectivity index (χ0) is 26.5. The minimum absolute atomic E-state index is 0.188. The highest BCUT2D eigenvalue weighted by Gasteiger charge is 2.16. The van der Waals surface area contributed by atoms with Crippen LogP contribution in [0.3, 0.4) is 0 Å². The van der Waals surface area contributed by atoms with Gasteiger partial charge in [0.2, 0.25) is 0 Å². The number of fused-ring (bicyclic) bond motifs is 4. The standard InChI is InChI=1S/C34H25N3OS/c1-21-8-7-9-22(2)33(21)26-15-17-30(38)34-27(26)16-18-32(36-34)39-23-13-14-25-24-10-3-4-11-28(24)37(29(25)20-23)31-12-5-6-19-35-31/h3-20,38H,1-2H3. The molecule has 5 heteroatoms. The van der Waals surface area contributed by atoms with Crippen LogP contribution >= 0.6 is 11.8 Å². The molecule has 0 unspecified atom stereocenters. The van der Waals surface area contributed by atoms with E-state index in [1.54, 1.807) is 17.8 Å². The summed E-state index contributed by atoms with van der Waals surface area (Å²) in [6.45, 7) is 4.25. The van der Waals surface area contributed by atoms with Gasteiger partial charge in [-0.15, -0.1) is 0 Å². The molecule has 0 radical (unpaired) electrons. The fraction of sp³-hybridized carbons (Fsp3) is 0.0588. The Hall–Kier alpha value is -4.61. The molecule has 0 aliphatic carbocycles. The van der Waals surface area contributed by atoms with E-state index in [1.165, 1.54) is 27.5 Å². The lowest BCUT2D eigenvalue weighted by Crippen LogP contribution is -1.96. The van der Waals surface area contributed by atoms with Gasteiger partial charge in [0.15, 0.2) is 0 Å². The molecule has 7 rings (SSSR count). The third-order valence-corrected chi connectivity index (χ3v) is 8.23. The molecule has 3 heterocycles. The molecule has 4 aromatic carbocycles. The lowest BCUT2D eigenvalue weighted by Gasteiger charge is -2.14. The molecule has 0 saturated carbocycles. The third kappa shape index (κ3) is 3.94. The summed E-state index contributed by atoms with van der Waals surface area (Å²) in [5, 5.41) is 14.9. The first-order chi connectivity index (χ1) is 19.1. The van der Waals surface area contributed by atoms with Crippen LogP contribution in [-0.2, 0) is 0 Å². The van der Waals surface area contributed by atoms with Crippen LogP contribution in [-0.4, -0.2) is 19.6 Å². The minimum atomic E-state index is 0.188. The monoisotopic (exact) mass is 523 g/mol. The highest BCUT2D eigenvalue weighted by atomic mass is 32.2. The summed E-state index contributed by atoms with van der Waals surface area (Å²) in [5.74, 6) is 1.08. The Morgan fingerprint density at radius 3 is 2.28 bits per heavy atom.